The van der Waals surface area contributed by atoms with E-state index in [0.717, 1.165) is 19.0 Å². The molecule has 0 bridgehead atoms. The monoisotopic (exact) mass is 265 g/mol. The van der Waals surface area contributed by atoms with Gasteiger partial charge in [0.25, 0.3) is 0 Å². The second kappa shape index (κ2) is 8.14. The molecule has 0 heterocycles. The molecule has 0 spiro atoms. The zero-order valence-electron chi connectivity index (χ0n) is 11.6. The molecule has 0 aromatic heterocycles. The van der Waals surface area contributed by atoms with Crippen LogP contribution >= 0.6 is 0 Å². The molecule has 0 fully saturated rings. The highest BCUT2D eigenvalue weighted by atomic mass is 28.4. The maximum Gasteiger partial charge on any atom is 0.500 e. The van der Waals surface area contributed by atoms with Crippen LogP contribution in [0.25, 0.3) is 0 Å². The molecular formula is C10H27N3O3Si. The molecular weight excluding hydrogens is 238 g/mol. The summed E-state index contributed by atoms with van der Waals surface area (Å²) in [6.07, 6.45) is 0.766. The second-order valence-electron chi connectivity index (χ2n) is 4.12. The Labute approximate surface area is 106 Å². The van der Waals surface area contributed by atoms with Gasteiger partial charge in [0, 0.05) is 33.9 Å². The maximum atomic E-state index is 5.85. The van der Waals surface area contributed by atoms with E-state index >= 15 is 0 Å². The van der Waals surface area contributed by atoms with E-state index in [0.29, 0.717) is 0 Å². The normalized spacial score (nSPS) is 16.2. The predicted octanol–water partition coefficient (Wildman–Crippen LogP) is 0.166. The molecule has 0 aliphatic heterocycles. The molecule has 0 aromatic rings. The van der Waals surface area contributed by atoms with Crippen LogP contribution in [0.1, 0.15) is 20.3 Å². The van der Waals surface area contributed by atoms with Crippen molar-refractivity contribution in [2.75, 3.05) is 27.9 Å². The molecule has 0 aromatic carbocycles. The molecule has 0 amide bonds. The van der Waals surface area contributed by atoms with Gasteiger partial charge in [-0.3, -0.25) is 4.90 Å². The first kappa shape index (κ1) is 17.0. The molecule has 0 rings (SSSR count). The Bertz CT molecular complexity index is 185. The Morgan fingerprint density at radius 3 is 1.71 bits per heavy atom. The molecule has 0 saturated heterocycles. The molecule has 104 valence electrons. The summed E-state index contributed by atoms with van der Waals surface area (Å²) in [6.45, 7) is 4.66. The van der Waals surface area contributed by atoms with Crippen LogP contribution in [0, 0.1) is 0 Å². The summed E-state index contributed by atoms with van der Waals surface area (Å²) in [5, 5.41) is 0. The van der Waals surface area contributed by atoms with Gasteiger partial charge in [0.1, 0.15) is 0 Å². The number of nitrogens with two attached hydrogens (primary N) is 2. The van der Waals surface area contributed by atoms with Crippen molar-refractivity contribution in [2.24, 2.45) is 11.5 Å². The van der Waals surface area contributed by atoms with E-state index in [4.69, 9.17) is 24.7 Å². The summed E-state index contributed by atoms with van der Waals surface area (Å²) in [6, 6.07) is 0.756. The van der Waals surface area contributed by atoms with Crippen molar-refractivity contribution < 1.29 is 13.3 Å². The maximum absolute atomic E-state index is 5.85. The standard InChI is InChI=1S/C10H27N3O3Si/c1-9(11)13(10(2)12)7-6-8-17(14-3,15-4)16-5/h9-10H,6-8,11-12H2,1-5H3. The molecule has 0 saturated carbocycles. The molecule has 0 radical (unpaired) electrons. The molecule has 0 aliphatic rings. The largest absolute Gasteiger partial charge is 0.500 e. The third kappa shape index (κ3) is 5.43. The number of rotatable bonds is 9. The van der Waals surface area contributed by atoms with E-state index in [1.54, 1.807) is 21.3 Å². The fourth-order valence-corrected chi connectivity index (χ4v) is 3.52. The van der Waals surface area contributed by atoms with E-state index in [1.807, 2.05) is 18.7 Å². The quantitative estimate of drug-likeness (QED) is 0.457. The van der Waals surface area contributed by atoms with Crippen molar-refractivity contribution in [1.29, 1.82) is 0 Å². The lowest BCUT2D eigenvalue weighted by molar-refractivity contribution is 0.116. The van der Waals surface area contributed by atoms with Crippen LogP contribution in [-0.2, 0) is 13.3 Å². The average molecular weight is 265 g/mol. The minimum Gasteiger partial charge on any atom is -0.377 e. The summed E-state index contributed by atoms with van der Waals surface area (Å²) in [5.74, 6) is 0. The summed E-state index contributed by atoms with van der Waals surface area (Å²) in [5.41, 5.74) is 11.7. The van der Waals surface area contributed by atoms with Gasteiger partial charge >= 0.3 is 8.80 Å². The summed E-state index contributed by atoms with van der Waals surface area (Å²) >= 11 is 0. The van der Waals surface area contributed by atoms with Crippen molar-refractivity contribution >= 4 is 8.80 Å². The van der Waals surface area contributed by atoms with E-state index in [-0.39, 0.29) is 12.3 Å². The van der Waals surface area contributed by atoms with Crippen molar-refractivity contribution in [2.45, 2.75) is 38.6 Å². The second-order valence-corrected chi connectivity index (χ2v) is 7.21. The molecule has 2 atom stereocenters. The fraction of sp³-hybridized carbons (Fsp3) is 1.00. The van der Waals surface area contributed by atoms with Crippen molar-refractivity contribution in [1.82, 2.24) is 4.90 Å². The zero-order chi connectivity index (χ0) is 13.5. The van der Waals surface area contributed by atoms with E-state index in [2.05, 4.69) is 0 Å². The topological polar surface area (TPSA) is 83.0 Å². The number of hydrogen-bond donors (Lipinski definition) is 2. The Kier molecular flexibility index (Phi) is 8.13. The number of hydrogen-bond acceptors (Lipinski definition) is 6. The lowest BCUT2D eigenvalue weighted by atomic mass is 10.3. The van der Waals surface area contributed by atoms with Gasteiger partial charge < -0.3 is 24.7 Å². The molecule has 0 aliphatic carbocycles. The van der Waals surface area contributed by atoms with E-state index < -0.39 is 8.80 Å². The SMILES string of the molecule is CO[Si](CCCN(C(C)N)C(C)N)(OC)OC. The lowest BCUT2D eigenvalue weighted by Gasteiger charge is -2.31. The molecule has 2 unspecified atom stereocenters. The third-order valence-electron chi connectivity index (χ3n) is 2.88. The highest BCUT2D eigenvalue weighted by Crippen LogP contribution is 2.15. The lowest BCUT2D eigenvalue weighted by Crippen LogP contribution is -2.50. The zero-order valence-corrected chi connectivity index (χ0v) is 12.6. The minimum atomic E-state index is -2.46. The van der Waals surface area contributed by atoms with Gasteiger partial charge in [-0.25, -0.2) is 0 Å². The van der Waals surface area contributed by atoms with Gasteiger partial charge in [-0.2, -0.15) is 0 Å². The number of nitrogens with zero attached hydrogens (tertiary/aromatic N) is 1. The van der Waals surface area contributed by atoms with Crippen LogP contribution in [0.4, 0.5) is 0 Å². The third-order valence-corrected chi connectivity index (χ3v) is 5.71. The van der Waals surface area contributed by atoms with Gasteiger partial charge in [-0.05, 0) is 20.3 Å². The highest BCUT2D eigenvalue weighted by molar-refractivity contribution is 6.60. The van der Waals surface area contributed by atoms with Crippen LogP contribution in [0.2, 0.25) is 6.04 Å². The van der Waals surface area contributed by atoms with E-state index in [9.17, 15) is 0 Å². The van der Waals surface area contributed by atoms with Crippen molar-refractivity contribution in [3.8, 4) is 0 Å². The van der Waals surface area contributed by atoms with Crippen LogP contribution in [-0.4, -0.2) is 53.9 Å². The van der Waals surface area contributed by atoms with Crippen molar-refractivity contribution in [3.05, 3.63) is 0 Å². The Morgan fingerprint density at radius 1 is 1.00 bits per heavy atom. The first-order valence-electron chi connectivity index (χ1n) is 5.84. The van der Waals surface area contributed by atoms with Gasteiger partial charge in [0.15, 0.2) is 0 Å². The summed E-state index contributed by atoms with van der Waals surface area (Å²) in [7, 11) is 2.40. The van der Waals surface area contributed by atoms with Crippen LogP contribution in [0.15, 0.2) is 0 Å². The summed E-state index contributed by atoms with van der Waals surface area (Å²) in [4.78, 5) is 2.03. The van der Waals surface area contributed by atoms with Crippen LogP contribution in [0.5, 0.6) is 0 Å². The predicted molar refractivity (Wildman–Crippen MR) is 70.2 cm³/mol. The average Bonchev–Trinajstić information content (AvgIpc) is 2.29. The van der Waals surface area contributed by atoms with Crippen LogP contribution in [0.3, 0.4) is 0 Å². The Balaban J connectivity index is 4.19. The molecule has 6 nitrogen and oxygen atoms in total. The minimum absolute atomic E-state index is 0.0568. The first-order valence-corrected chi connectivity index (χ1v) is 7.78. The van der Waals surface area contributed by atoms with Gasteiger partial charge in [-0.1, -0.05) is 0 Å². The van der Waals surface area contributed by atoms with Crippen molar-refractivity contribution in [3.63, 3.8) is 0 Å². The van der Waals surface area contributed by atoms with E-state index in [1.165, 1.54) is 0 Å². The molecule has 7 heteroatoms. The first-order chi connectivity index (χ1) is 7.92. The highest BCUT2D eigenvalue weighted by Gasteiger charge is 2.37. The van der Waals surface area contributed by atoms with Crippen LogP contribution < -0.4 is 11.5 Å². The van der Waals surface area contributed by atoms with Gasteiger partial charge in [-0.15, -0.1) is 0 Å². The smallest absolute Gasteiger partial charge is 0.377 e. The molecule has 4 N–H and O–H groups in total. The van der Waals surface area contributed by atoms with Gasteiger partial charge in [0.05, 0.1) is 12.3 Å². The fourth-order valence-electron chi connectivity index (χ4n) is 1.81. The Hall–Kier alpha value is -0.0231. The molecule has 17 heavy (non-hydrogen) atoms. The Morgan fingerprint density at radius 2 is 1.41 bits per heavy atom. The van der Waals surface area contributed by atoms with Gasteiger partial charge in [0.2, 0.25) is 0 Å². The summed E-state index contributed by atoms with van der Waals surface area (Å²) < 4.78 is 16.1.